The summed E-state index contributed by atoms with van der Waals surface area (Å²) in [5, 5.41) is 8.72. The summed E-state index contributed by atoms with van der Waals surface area (Å²) in [6, 6.07) is 0. The lowest BCUT2D eigenvalue weighted by molar-refractivity contribution is 0.0632. The van der Waals surface area contributed by atoms with Crippen molar-refractivity contribution in [3.05, 3.63) is 0 Å². The summed E-state index contributed by atoms with van der Waals surface area (Å²) in [6.07, 6.45) is 0. The highest BCUT2D eigenvalue weighted by molar-refractivity contribution is 6.40. The van der Waals surface area contributed by atoms with E-state index in [0.717, 1.165) is 0 Å². The largest absolute Gasteiger partial charge is 0.390 e. The van der Waals surface area contributed by atoms with Crippen LogP contribution in [-0.4, -0.2) is 31.7 Å². The molecule has 0 atom stereocenters. The van der Waals surface area contributed by atoms with Crippen molar-refractivity contribution < 1.29 is 5.11 Å². The zero-order valence-corrected chi connectivity index (χ0v) is 6.02. The van der Waals surface area contributed by atoms with Gasteiger partial charge in [-0.05, 0) is 19.2 Å². The molecule has 0 fully saturated rings. The Morgan fingerprint density at radius 1 is 1.38 bits per heavy atom. The van der Waals surface area contributed by atoms with Gasteiger partial charge in [-0.1, -0.05) is 0 Å². The van der Waals surface area contributed by atoms with E-state index in [9.17, 15) is 5.11 Å². The second-order valence-electron chi connectivity index (χ2n) is 3.28. The lowest BCUT2D eigenvalue weighted by atomic mass is 9.55. The van der Waals surface area contributed by atoms with E-state index in [2.05, 4.69) is 0 Å². The second-order valence-corrected chi connectivity index (χ2v) is 3.28. The Kier molecular flexibility index (Phi) is 1.79. The van der Waals surface area contributed by atoms with Gasteiger partial charge >= 0.3 is 0 Å². The first-order valence-electron chi connectivity index (χ1n) is 2.76. The number of aliphatic hydroxyl groups is 1. The maximum Gasteiger partial charge on any atom is 0.120 e. The van der Waals surface area contributed by atoms with E-state index >= 15 is 0 Å². The van der Waals surface area contributed by atoms with E-state index in [1.54, 1.807) is 29.5 Å². The van der Waals surface area contributed by atoms with Gasteiger partial charge in [0.15, 0.2) is 0 Å². The molecule has 3 N–H and O–H groups in total. The molecule has 0 heterocycles. The molecule has 4 heteroatoms. The van der Waals surface area contributed by atoms with E-state index in [1.807, 2.05) is 0 Å². The van der Waals surface area contributed by atoms with Crippen LogP contribution < -0.4 is 5.73 Å². The Morgan fingerprint density at radius 2 is 1.50 bits per heavy atom. The number of hydrogen-bond acceptors (Lipinski definition) is 2. The Labute approximate surface area is 52.3 Å². The maximum atomic E-state index is 9.23. The van der Waals surface area contributed by atoms with Gasteiger partial charge in [-0.25, -0.2) is 0 Å². The first-order chi connectivity index (χ1) is 3.25. The van der Waals surface area contributed by atoms with Crippen LogP contribution in [0, 0.1) is 0 Å². The fourth-order valence-corrected chi connectivity index (χ4v) is 0. The van der Waals surface area contributed by atoms with E-state index in [1.165, 1.54) is 0 Å². The monoisotopic (exact) mass is 113 g/mol. The molecule has 0 aliphatic heterocycles. The minimum atomic E-state index is -0.785. The summed E-state index contributed by atoms with van der Waals surface area (Å²) in [7, 11) is 3.60. The molecule has 0 aromatic carbocycles. The summed E-state index contributed by atoms with van der Waals surface area (Å²) >= 11 is 0. The van der Waals surface area contributed by atoms with Gasteiger partial charge in [0.05, 0.1) is 5.60 Å². The molecule has 8 heavy (non-hydrogen) atoms. The topological polar surface area (TPSA) is 46.2 Å². The molecule has 0 bridgehead atoms. The van der Waals surface area contributed by atoms with Gasteiger partial charge in [-0.2, -0.15) is 0 Å². The van der Waals surface area contributed by atoms with Crippen LogP contribution in [0.1, 0.15) is 13.8 Å². The summed E-state index contributed by atoms with van der Waals surface area (Å²) in [4.78, 5) is 0. The smallest absolute Gasteiger partial charge is 0.120 e. The zero-order valence-electron chi connectivity index (χ0n) is 6.02. The summed E-state index contributed by atoms with van der Waals surface area (Å²) in [5.74, 6) is 0. The van der Waals surface area contributed by atoms with Crippen LogP contribution in [0.4, 0.5) is 0 Å². The average Bonchev–Trinajstić information content (AvgIpc) is 1.25. The summed E-state index contributed by atoms with van der Waals surface area (Å²) in [6.45, 7) is 3.40. The van der Waals surface area contributed by atoms with Crippen LogP contribution in [0.15, 0.2) is 0 Å². The van der Waals surface area contributed by atoms with Crippen molar-refractivity contribution in [3.8, 4) is 0 Å². The molecule has 46 valence electrons. The van der Waals surface area contributed by atoms with Crippen LogP contribution in [0.5, 0.6) is 0 Å². The average molecular weight is 113 g/mol. The van der Waals surface area contributed by atoms with Crippen molar-refractivity contribution in [1.82, 2.24) is 0 Å². The Balaban J connectivity index is 4.02. The molecule has 0 unspecified atom stereocenters. The van der Waals surface area contributed by atoms with Gasteiger partial charge < -0.3 is 10.8 Å². The molecule has 0 rings (SSSR count). The SMILES string of the molecule is BC(B)(N)C(C)(C)O. The minimum absolute atomic E-state index is 0.507. The fourth-order valence-electron chi connectivity index (χ4n) is 0. The third-order valence-corrected chi connectivity index (χ3v) is 1.58. The Hall–Kier alpha value is 0.0499. The third-order valence-electron chi connectivity index (χ3n) is 1.58. The number of rotatable bonds is 1. The highest BCUT2D eigenvalue weighted by atomic mass is 16.3. The molecule has 0 aliphatic carbocycles. The van der Waals surface area contributed by atoms with E-state index in [-0.39, 0.29) is 0 Å². The van der Waals surface area contributed by atoms with Crippen LogP contribution >= 0.6 is 0 Å². The number of hydrogen-bond donors (Lipinski definition) is 2. The van der Waals surface area contributed by atoms with E-state index in [0.29, 0.717) is 0 Å². The number of nitrogens with two attached hydrogens (primary N) is 1. The molecule has 0 spiro atoms. The highest BCUT2D eigenvalue weighted by Crippen LogP contribution is 2.10. The van der Waals surface area contributed by atoms with Crippen molar-refractivity contribution in [2.45, 2.75) is 24.8 Å². The van der Waals surface area contributed by atoms with Gasteiger partial charge in [0.25, 0.3) is 0 Å². The Morgan fingerprint density at radius 3 is 1.50 bits per heavy atom. The Bertz CT molecular complexity index is 69.0. The standard InChI is InChI=1S/C4H13B2NO/c1-3(2,8)4(5,6)7/h8H,5-7H2,1-2H3. The summed E-state index contributed by atoms with van der Waals surface area (Å²) in [5.41, 5.74) is 4.78. The van der Waals surface area contributed by atoms with Crippen LogP contribution in [0.3, 0.4) is 0 Å². The van der Waals surface area contributed by atoms with Gasteiger partial charge in [-0.15, -0.1) is 0 Å². The third kappa shape index (κ3) is 1.88. The van der Waals surface area contributed by atoms with Gasteiger partial charge in [0.2, 0.25) is 0 Å². The van der Waals surface area contributed by atoms with Crippen molar-refractivity contribution in [2.24, 2.45) is 5.73 Å². The van der Waals surface area contributed by atoms with Crippen molar-refractivity contribution in [1.29, 1.82) is 0 Å². The summed E-state index contributed by atoms with van der Waals surface area (Å²) < 4.78 is 0. The molecule has 0 aliphatic rings. The minimum Gasteiger partial charge on any atom is -0.390 e. The van der Waals surface area contributed by atoms with Crippen LogP contribution in [-0.2, 0) is 0 Å². The van der Waals surface area contributed by atoms with E-state index in [4.69, 9.17) is 5.73 Å². The second kappa shape index (κ2) is 1.78. The first-order valence-corrected chi connectivity index (χ1v) is 2.76. The first kappa shape index (κ1) is 8.05. The van der Waals surface area contributed by atoms with Crippen LogP contribution in [0.2, 0.25) is 0 Å². The van der Waals surface area contributed by atoms with Crippen LogP contribution in [0.25, 0.3) is 0 Å². The van der Waals surface area contributed by atoms with Gasteiger partial charge in [0.1, 0.15) is 15.7 Å². The quantitative estimate of drug-likeness (QED) is 0.373. The molecule has 2 nitrogen and oxygen atoms in total. The van der Waals surface area contributed by atoms with Gasteiger partial charge in [-0.3, -0.25) is 0 Å². The molecule has 0 aromatic heterocycles. The highest BCUT2D eigenvalue weighted by Gasteiger charge is 2.29. The maximum absolute atomic E-state index is 9.23. The lowest BCUT2D eigenvalue weighted by Crippen LogP contribution is -2.58. The van der Waals surface area contributed by atoms with Crippen molar-refractivity contribution >= 4 is 15.7 Å². The predicted molar refractivity (Wildman–Crippen MR) is 40.3 cm³/mol. The molecule has 0 radical (unpaired) electrons. The van der Waals surface area contributed by atoms with E-state index < -0.39 is 10.9 Å². The molecular formula is C4H13B2NO. The zero-order chi connectivity index (χ0) is 7.00. The molecule has 0 saturated carbocycles. The van der Waals surface area contributed by atoms with Crippen molar-refractivity contribution in [3.63, 3.8) is 0 Å². The normalized spacial score (nSPS) is 14.0. The molecule has 0 aromatic rings. The molecule has 0 amide bonds. The molecule has 0 saturated heterocycles. The van der Waals surface area contributed by atoms with Gasteiger partial charge in [0, 0.05) is 0 Å². The molecular weight excluding hydrogens is 99.7 g/mol. The lowest BCUT2D eigenvalue weighted by Gasteiger charge is -2.33. The van der Waals surface area contributed by atoms with Crippen molar-refractivity contribution in [2.75, 3.05) is 0 Å². The fraction of sp³-hybridized carbons (Fsp3) is 1.00. The predicted octanol–water partition coefficient (Wildman–Crippen LogP) is -2.36.